The molecule has 0 saturated heterocycles. The van der Waals surface area contributed by atoms with Crippen molar-refractivity contribution in [1.82, 2.24) is 5.32 Å². The van der Waals surface area contributed by atoms with Gasteiger partial charge in [-0.2, -0.15) is 0 Å². The molecule has 88 valence electrons. The molecule has 0 aliphatic heterocycles. The zero-order valence-electron chi connectivity index (χ0n) is 10.2. The van der Waals surface area contributed by atoms with E-state index >= 15 is 0 Å². The fourth-order valence-corrected chi connectivity index (χ4v) is 3.69. The smallest absolute Gasteiger partial charge is 0.121 e. The van der Waals surface area contributed by atoms with E-state index in [1.807, 2.05) is 6.92 Å². The Bertz CT molecular complexity index is 359. The summed E-state index contributed by atoms with van der Waals surface area (Å²) in [6, 6.07) is 4.66. The van der Waals surface area contributed by atoms with Crippen molar-refractivity contribution < 1.29 is 4.42 Å². The van der Waals surface area contributed by atoms with Crippen LogP contribution in [0.1, 0.15) is 43.2 Å². The fourth-order valence-electron chi connectivity index (χ4n) is 3.69. The van der Waals surface area contributed by atoms with Crippen molar-refractivity contribution in [3.05, 3.63) is 23.7 Å². The lowest BCUT2D eigenvalue weighted by Gasteiger charge is -2.13. The van der Waals surface area contributed by atoms with Crippen molar-refractivity contribution in [2.45, 2.75) is 38.6 Å². The Morgan fingerprint density at radius 2 is 1.94 bits per heavy atom. The normalized spacial score (nSPS) is 34.5. The first-order chi connectivity index (χ1) is 7.81. The van der Waals surface area contributed by atoms with Gasteiger partial charge < -0.3 is 9.73 Å². The predicted molar refractivity (Wildman–Crippen MR) is 64.2 cm³/mol. The molecule has 2 aliphatic carbocycles. The molecule has 1 heterocycles. The number of furan rings is 1. The molecular formula is C14H21NO. The van der Waals surface area contributed by atoms with Gasteiger partial charge in [-0.1, -0.05) is 12.8 Å². The zero-order chi connectivity index (χ0) is 11.1. The molecule has 0 spiro atoms. The highest BCUT2D eigenvalue weighted by atomic mass is 16.3. The van der Waals surface area contributed by atoms with Gasteiger partial charge in [-0.05, 0) is 56.7 Å². The Morgan fingerprint density at radius 1 is 1.25 bits per heavy atom. The summed E-state index contributed by atoms with van der Waals surface area (Å²) in [5, 5.41) is 3.46. The second kappa shape index (κ2) is 3.92. The molecule has 0 aromatic carbocycles. The molecule has 0 amide bonds. The minimum atomic E-state index is 0.446. The summed E-state index contributed by atoms with van der Waals surface area (Å²) in [5.74, 6) is 4.93. The molecule has 0 radical (unpaired) electrons. The summed E-state index contributed by atoms with van der Waals surface area (Å²) in [7, 11) is 2.06. The van der Waals surface area contributed by atoms with E-state index in [1.165, 1.54) is 25.7 Å². The third kappa shape index (κ3) is 1.60. The van der Waals surface area contributed by atoms with Crippen molar-refractivity contribution in [1.29, 1.82) is 0 Å². The molecule has 0 bridgehead atoms. The standard InChI is InChI=1S/C14H21NO/c1-9-7-8-12(16-9)14(15-2)13-10-5-3-4-6-11(10)13/h7-8,10-11,13-15H,3-6H2,1-2H3. The Balaban J connectivity index is 1.77. The van der Waals surface area contributed by atoms with Crippen molar-refractivity contribution in [3.63, 3.8) is 0 Å². The van der Waals surface area contributed by atoms with Gasteiger partial charge in [0.1, 0.15) is 11.5 Å². The van der Waals surface area contributed by atoms with Crippen LogP contribution in [0.4, 0.5) is 0 Å². The first-order valence-electron chi connectivity index (χ1n) is 6.55. The summed E-state index contributed by atoms with van der Waals surface area (Å²) in [5.41, 5.74) is 0. The lowest BCUT2D eigenvalue weighted by atomic mass is 10.0. The maximum atomic E-state index is 5.78. The van der Waals surface area contributed by atoms with E-state index in [9.17, 15) is 0 Å². The number of hydrogen-bond acceptors (Lipinski definition) is 2. The number of nitrogens with one attached hydrogen (secondary N) is 1. The molecule has 3 unspecified atom stereocenters. The summed E-state index contributed by atoms with van der Waals surface area (Å²) in [6.45, 7) is 2.02. The van der Waals surface area contributed by atoms with E-state index in [0.29, 0.717) is 6.04 Å². The number of fused-ring (bicyclic) bond motifs is 1. The lowest BCUT2D eigenvalue weighted by molar-refractivity contribution is 0.372. The van der Waals surface area contributed by atoms with Gasteiger partial charge in [0.05, 0.1) is 6.04 Å². The molecule has 2 heteroatoms. The minimum Gasteiger partial charge on any atom is -0.465 e. The molecule has 1 N–H and O–H groups in total. The molecule has 16 heavy (non-hydrogen) atoms. The topological polar surface area (TPSA) is 25.2 Å². The van der Waals surface area contributed by atoms with Gasteiger partial charge >= 0.3 is 0 Å². The Kier molecular flexibility index (Phi) is 2.55. The van der Waals surface area contributed by atoms with E-state index in [-0.39, 0.29) is 0 Å². The largest absolute Gasteiger partial charge is 0.465 e. The summed E-state index contributed by atoms with van der Waals surface area (Å²) >= 11 is 0. The van der Waals surface area contributed by atoms with E-state index < -0.39 is 0 Å². The Hall–Kier alpha value is -0.760. The van der Waals surface area contributed by atoms with Crippen LogP contribution in [-0.4, -0.2) is 7.05 Å². The lowest BCUT2D eigenvalue weighted by Crippen LogP contribution is -2.19. The van der Waals surface area contributed by atoms with E-state index in [0.717, 1.165) is 29.3 Å². The van der Waals surface area contributed by atoms with Crippen LogP contribution in [0.3, 0.4) is 0 Å². The highest BCUT2D eigenvalue weighted by Crippen LogP contribution is 2.60. The minimum absolute atomic E-state index is 0.446. The predicted octanol–water partition coefficient (Wildman–Crippen LogP) is 3.28. The van der Waals surface area contributed by atoms with E-state index in [4.69, 9.17) is 4.42 Å². The molecular weight excluding hydrogens is 198 g/mol. The van der Waals surface area contributed by atoms with Crippen LogP contribution in [0.15, 0.2) is 16.5 Å². The van der Waals surface area contributed by atoms with Crippen LogP contribution in [0.25, 0.3) is 0 Å². The van der Waals surface area contributed by atoms with Crippen molar-refractivity contribution in [2.24, 2.45) is 17.8 Å². The summed E-state index contributed by atoms with van der Waals surface area (Å²) in [6.07, 6.45) is 5.75. The van der Waals surface area contributed by atoms with Gasteiger partial charge in [0.2, 0.25) is 0 Å². The molecule has 1 aromatic rings. The van der Waals surface area contributed by atoms with Gasteiger partial charge in [-0.15, -0.1) is 0 Å². The van der Waals surface area contributed by atoms with Crippen LogP contribution < -0.4 is 5.32 Å². The molecule has 3 atom stereocenters. The maximum Gasteiger partial charge on any atom is 0.121 e. The Morgan fingerprint density at radius 3 is 2.44 bits per heavy atom. The molecule has 2 nitrogen and oxygen atoms in total. The van der Waals surface area contributed by atoms with Crippen LogP contribution in [0.5, 0.6) is 0 Å². The maximum absolute atomic E-state index is 5.78. The molecule has 2 saturated carbocycles. The zero-order valence-corrected chi connectivity index (χ0v) is 10.2. The summed E-state index contributed by atoms with van der Waals surface area (Å²) in [4.78, 5) is 0. The average Bonchev–Trinajstić information content (AvgIpc) is 2.86. The van der Waals surface area contributed by atoms with Gasteiger partial charge in [-0.3, -0.25) is 0 Å². The average molecular weight is 219 g/mol. The highest BCUT2D eigenvalue weighted by molar-refractivity contribution is 5.16. The Labute approximate surface area is 97.4 Å². The molecule has 1 aromatic heterocycles. The second-order valence-corrected chi connectivity index (χ2v) is 5.40. The monoisotopic (exact) mass is 219 g/mol. The molecule has 2 aliphatic rings. The van der Waals surface area contributed by atoms with Gasteiger partial charge in [0, 0.05) is 0 Å². The van der Waals surface area contributed by atoms with Crippen LogP contribution in [-0.2, 0) is 0 Å². The van der Waals surface area contributed by atoms with Crippen molar-refractivity contribution in [2.75, 3.05) is 7.05 Å². The molecule has 2 fully saturated rings. The number of rotatable bonds is 3. The number of aryl methyl sites for hydroxylation is 1. The molecule has 3 rings (SSSR count). The third-order valence-electron chi connectivity index (χ3n) is 4.49. The van der Waals surface area contributed by atoms with Crippen LogP contribution in [0, 0.1) is 24.7 Å². The van der Waals surface area contributed by atoms with Crippen molar-refractivity contribution in [3.8, 4) is 0 Å². The summed E-state index contributed by atoms with van der Waals surface area (Å²) < 4.78 is 5.78. The van der Waals surface area contributed by atoms with E-state index in [1.54, 1.807) is 0 Å². The fraction of sp³-hybridized carbons (Fsp3) is 0.714. The van der Waals surface area contributed by atoms with Gasteiger partial charge in [0.15, 0.2) is 0 Å². The highest BCUT2D eigenvalue weighted by Gasteiger charge is 2.54. The number of hydrogen-bond donors (Lipinski definition) is 1. The van der Waals surface area contributed by atoms with Crippen molar-refractivity contribution >= 4 is 0 Å². The quantitative estimate of drug-likeness (QED) is 0.844. The van der Waals surface area contributed by atoms with Crippen LogP contribution in [0.2, 0.25) is 0 Å². The first-order valence-corrected chi connectivity index (χ1v) is 6.55. The van der Waals surface area contributed by atoms with Gasteiger partial charge in [-0.25, -0.2) is 0 Å². The van der Waals surface area contributed by atoms with Crippen LogP contribution >= 0.6 is 0 Å². The van der Waals surface area contributed by atoms with Gasteiger partial charge in [0.25, 0.3) is 0 Å². The van der Waals surface area contributed by atoms with E-state index in [2.05, 4.69) is 24.5 Å². The first kappa shape index (κ1) is 10.4. The SMILES string of the molecule is CNC(c1ccc(C)o1)C1C2CCCCC21. The second-order valence-electron chi connectivity index (χ2n) is 5.40. The third-order valence-corrected chi connectivity index (χ3v) is 4.49.